The van der Waals surface area contributed by atoms with Crippen molar-refractivity contribution in [1.29, 1.82) is 0 Å². The van der Waals surface area contributed by atoms with Gasteiger partial charge in [-0.1, -0.05) is 0 Å². The highest BCUT2D eigenvalue weighted by molar-refractivity contribution is 7.71. The fourth-order valence-corrected chi connectivity index (χ4v) is 1.02. The van der Waals surface area contributed by atoms with E-state index in [0.717, 1.165) is 0 Å². The number of aromatic nitrogens is 3. The number of hydrogen-bond acceptors (Lipinski definition) is 4. The Labute approximate surface area is 74.4 Å². The highest BCUT2D eigenvalue weighted by Crippen LogP contribution is 1.95. The number of hydrogen-bond donors (Lipinski definition) is 1. The number of carbonyl (C=O) groups is 1. The molecule has 0 saturated heterocycles. The van der Waals surface area contributed by atoms with Crippen molar-refractivity contribution in [2.45, 2.75) is 13.5 Å². The molecular formula is C6H9N3O2S. The van der Waals surface area contributed by atoms with Gasteiger partial charge in [-0.3, -0.25) is 14.5 Å². The van der Waals surface area contributed by atoms with E-state index in [4.69, 9.17) is 12.2 Å². The Hall–Kier alpha value is -1.17. The van der Waals surface area contributed by atoms with E-state index < -0.39 is 0 Å². The molecule has 1 aromatic heterocycles. The van der Waals surface area contributed by atoms with Crippen LogP contribution in [0.1, 0.15) is 5.82 Å². The molecule has 0 aliphatic heterocycles. The van der Waals surface area contributed by atoms with Gasteiger partial charge in [-0.2, -0.15) is 5.10 Å². The van der Waals surface area contributed by atoms with Crippen molar-refractivity contribution >= 4 is 18.2 Å². The van der Waals surface area contributed by atoms with E-state index in [1.807, 2.05) is 0 Å². The first-order valence-electron chi connectivity index (χ1n) is 3.33. The normalized spacial score (nSPS) is 9.83. The third-order valence-electron chi connectivity index (χ3n) is 1.46. The molecule has 1 aromatic rings. The van der Waals surface area contributed by atoms with Gasteiger partial charge in [-0.05, 0) is 19.1 Å². The van der Waals surface area contributed by atoms with Gasteiger partial charge in [0.05, 0.1) is 7.11 Å². The molecule has 66 valence electrons. The van der Waals surface area contributed by atoms with Crippen LogP contribution in [0, 0.1) is 11.7 Å². The van der Waals surface area contributed by atoms with Gasteiger partial charge in [0.15, 0.2) is 4.77 Å². The van der Waals surface area contributed by atoms with Crippen molar-refractivity contribution < 1.29 is 9.53 Å². The lowest BCUT2D eigenvalue weighted by Crippen LogP contribution is -2.12. The van der Waals surface area contributed by atoms with Crippen LogP contribution in [0.15, 0.2) is 0 Å². The Morgan fingerprint density at radius 2 is 2.50 bits per heavy atom. The second-order valence-corrected chi connectivity index (χ2v) is 2.62. The van der Waals surface area contributed by atoms with E-state index in [-0.39, 0.29) is 12.5 Å². The third kappa shape index (κ3) is 1.70. The molecule has 1 N–H and O–H groups in total. The summed E-state index contributed by atoms with van der Waals surface area (Å²) in [6.45, 7) is 1.87. The molecule has 0 saturated carbocycles. The monoisotopic (exact) mass is 187 g/mol. The van der Waals surface area contributed by atoms with Gasteiger partial charge in [0.25, 0.3) is 0 Å². The number of ether oxygens (including phenoxy) is 1. The van der Waals surface area contributed by atoms with Gasteiger partial charge in [0, 0.05) is 0 Å². The molecule has 0 radical (unpaired) electrons. The summed E-state index contributed by atoms with van der Waals surface area (Å²) in [6, 6.07) is 0. The summed E-state index contributed by atoms with van der Waals surface area (Å²) in [5, 5.41) is 6.42. The molecule has 0 atom stereocenters. The van der Waals surface area contributed by atoms with E-state index in [2.05, 4.69) is 14.9 Å². The summed E-state index contributed by atoms with van der Waals surface area (Å²) < 4.78 is 6.48. The van der Waals surface area contributed by atoms with Crippen LogP contribution in [0.2, 0.25) is 0 Å². The van der Waals surface area contributed by atoms with Gasteiger partial charge in [0.2, 0.25) is 0 Å². The number of aromatic amines is 1. The summed E-state index contributed by atoms with van der Waals surface area (Å²) in [6.07, 6.45) is 0. The Bertz CT molecular complexity index is 341. The maximum atomic E-state index is 10.9. The molecule has 5 nitrogen and oxygen atoms in total. The molecular weight excluding hydrogens is 178 g/mol. The maximum absolute atomic E-state index is 10.9. The lowest BCUT2D eigenvalue weighted by Gasteiger charge is -2.00. The van der Waals surface area contributed by atoms with Crippen LogP contribution in [-0.2, 0) is 16.1 Å². The second-order valence-electron chi connectivity index (χ2n) is 2.24. The molecule has 0 aliphatic rings. The van der Waals surface area contributed by atoms with Gasteiger partial charge in [0.1, 0.15) is 12.4 Å². The first-order valence-corrected chi connectivity index (χ1v) is 3.74. The second kappa shape index (κ2) is 3.48. The summed E-state index contributed by atoms with van der Waals surface area (Å²) in [5.74, 6) is 0.334. The average molecular weight is 187 g/mol. The van der Waals surface area contributed by atoms with Crippen LogP contribution in [0.25, 0.3) is 0 Å². The van der Waals surface area contributed by atoms with Crippen molar-refractivity contribution in [2.24, 2.45) is 0 Å². The van der Waals surface area contributed by atoms with Gasteiger partial charge >= 0.3 is 5.97 Å². The first kappa shape index (κ1) is 8.92. The Kier molecular flexibility index (Phi) is 2.59. The number of nitrogens with zero attached hydrogens (tertiary/aromatic N) is 2. The van der Waals surface area contributed by atoms with Crippen LogP contribution in [0.3, 0.4) is 0 Å². The fourth-order valence-electron chi connectivity index (χ4n) is 0.776. The quantitative estimate of drug-likeness (QED) is 0.538. The van der Waals surface area contributed by atoms with E-state index in [0.29, 0.717) is 10.6 Å². The predicted octanol–water partition coefficient (Wildman–Crippen LogP) is 0.422. The molecule has 0 amide bonds. The topological polar surface area (TPSA) is 59.9 Å². The molecule has 0 aliphatic carbocycles. The number of nitrogens with one attached hydrogen (secondary N) is 1. The predicted molar refractivity (Wildman–Crippen MR) is 44.2 cm³/mol. The summed E-state index contributed by atoms with van der Waals surface area (Å²) in [5.41, 5.74) is 0. The van der Waals surface area contributed by atoms with Gasteiger partial charge in [-0.25, -0.2) is 0 Å². The molecule has 0 spiro atoms. The third-order valence-corrected chi connectivity index (χ3v) is 1.78. The van der Waals surface area contributed by atoms with E-state index in [1.165, 1.54) is 7.11 Å². The van der Waals surface area contributed by atoms with Crippen LogP contribution in [-0.4, -0.2) is 27.8 Å². The Balaban J connectivity index is 2.88. The minimum absolute atomic E-state index is 0.109. The molecule has 0 aromatic carbocycles. The fraction of sp³-hybridized carbons (Fsp3) is 0.500. The lowest BCUT2D eigenvalue weighted by molar-refractivity contribution is -0.141. The van der Waals surface area contributed by atoms with Crippen LogP contribution in [0.5, 0.6) is 0 Å². The van der Waals surface area contributed by atoms with Crippen molar-refractivity contribution in [1.82, 2.24) is 14.8 Å². The molecule has 1 rings (SSSR count). The van der Waals surface area contributed by atoms with Crippen LogP contribution < -0.4 is 0 Å². The Morgan fingerprint density at radius 3 is 2.92 bits per heavy atom. The van der Waals surface area contributed by atoms with E-state index in [1.54, 1.807) is 11.5 Å². The summed E-state index contributed by atoms with van der Waals surface area (Å²) in [7, 11) is 1.33. The highest BCUT2D eigenvalue weighted by atomic mass is 32.1. The average Bonchev–Trinajstić information content (AvgIpc) is 2.35. The molecule has 0 unspecified atom stereocenters. The van der Waals surface area contributed by atoms with E-state index in [9.17, 15) is 4.79 Å². The zero-order valence-electron chi connectivity index (χ0n) is 6.83. The van der Waals surface area contributed by atoms with E-state index >= 15 is 0 Å². The first-order chi connectivity index (χ1) is 5.65. The maximum Gasteiger partial charge on any atom is 0.325 e. The highest BCUT2D eigenvalue weighted by Gasteiger charge is 2.05. The summed E-state index contributed by atoms with van der Waals surface area (Å²) in [4.78, 5) is 10.9. The molecule has 6 heteroatoms. The number of rotatable bonds is 2. The molecule has 0 bridgehead atoms. The number of esters is 1. The van der Waals surface area contributed by atoms with Gasteiger partial charge < -0.3 is 4.74 Å². The zero-order valence-corrected chi connectivity index (χ0v) is 7.64. The molecule has 0 fully saturated rings. The minimum Gasteiger partial charge on any atom is -0.468 e. The minimum atomic E-state index is -0.337. The van der Waals surface area contributed by atoms with Crippen LogP contribution in [0.4, 0.5) is 0 Å². The van der Waals surface area contributed by atoms with Crippen molar-refractivity contribution in [2.75, 3.05) is 7.11 Å². The summed E-state index contributed by atoms with van der Waals surface area (Å²) >= 11 is 4.88. The van der Waals surface area contributed by atoms with Crippen LogP contribution >= 0.6 is 12.2 Å². The number of aryl methyl sites for hydroxylation is 1. The SMILES string of the molecule is COC(=O)Cn1c(C)n[nH]c1=S. The number of carbonyl (C=O) groups excluding carboxylic acids is 1. The largest absolute Gasteiger partial charge is 0.468 e. The van der Waals surface area contributed by atoms with Gasteiger partial charge in [-0.15, -0.1) is 0 Å². The Morgan fingerprint density at radius 1 is 1.83 bits per heavy atom. The molecule has 1 heterocycles. The number of H-pyrrole nitrogens is 1. The standard InChI is InChI=1S/C6H9N3O2S/c1-4-7-8-6(12)9(4)3-5(10)11-2/h3H2,1-2H3,(H,8,12). The van der Waals surface area contributed by atoms with Crippen molar-refractivity contribution in [3.05, 3.63) is 10.6 Å². The number of methoxy groups -OCH3 is 1. The van der Waals surface area contributed by atoms with Crippen molar-refractivity contribution in [3.63, 3.8) is 0 Å². The molecule has 12 heavy (non-hydrogen) atoms. The van der Waals surface area contributed by atoms with Crippen molar-refractivity contribution in [3.8, 4) is 0 Å². The lowest BCUT2D eigenvalue weighted by atomic mass is 10.6. The smallest absolute Gasteiger partial charge is 0.325 e. The zero-order chi connectivity index (χ0) is 9.14.